The predicted octanol–water partition coefficient (Wildman–Crippen LogP) is 2.30. The molecule has 1 aliphatic rings. The zero-order valence-corrected chi connectivity index (χ0v) is 8.28. The highest BCUT2D eigenvalue weighted by Gasteiger charge is 2.38. The average molecular weight is 186 g/mol. The number of hydrogen-bond acceptors (Lipinski definition) is 2. The van der Waals surface area contributed by atoms with Crippen molar-refractivity contribution < 1.29 is 9.90 Å². The molecular formula is C9H14O2S. The minimum absolute atomic E-state index is 0.543. The lowest BCUT2D eigenvalue weighted by atomic mass is 9.89. The number of allylic oxidation sites excluding steroid dienone is 2. The third kappa shape index (κ3) is 1.66. The van der Waals surface area contributed by atoms with Crippen LogP contribution in [0.2, 0.25) is 0 Å². The van der Waals surface area contributed by atoms with E-state index in [4.69, 9.17) is 5.11 Å². The van der Waals surface area contributed by atoms with Gasteiger partial charge >= 0.3 is 5.97 Å². The lowest BCUT2D eigenvalue weighted by Crippen LogP contribution is -2.36. The van der Waals surface area contributed by atoms with Gasteiger partial charge in [0.2, 0.25) is 0 Å². The van der Waals surface area contributed by atoms with Crippen molar-refractivity contribution in [3.05, 3.63) is 11.6 Å². The van der Waals surface area contributed by atoms with Crippen molar-refractivity contribution in [1.82, 2.24) is 0 Å². The fourth-order valence-electron chi connectivity index (χ4n) is 1.61. The smallest absolute Gasteiger partial charge is 0.320 e. The van der Waals surface area contributed by atoms with Crippen LogP contribution in [0.5, 0.6) is 0 Å². The highest BCUT2D eigenvalue weighted by molar-refractivity contribution is 8.00. The second kappa shape index (κ2) is 3.52. The Hall–Kier alpha value is -0.440. The third-order valence-electron chi connectivity index (χ3n) is 2.39. The first-order valence-electron chi connectivity index (χ1n) is 4.05. The van der Waals surface area contributed by atoms with E-state index in [1.54, 1.807) is 0 Å². The van der Waals surface area contributed by atoms with Crippen LogP contribution in [0.1, 0.15) is 26.2 Å². The summed E-state index contributed by atoms with van der Waals surface area (Å²) in [6.07, 6.45) is 6.38. The van der Waals surface area contributed by atoms with Crippen molar-refractivity contribution in [2.75, 3.05) is 6.26 Å². The monoisotopic (exact) mass is 186 g/mol. The molecule has 0 aromatic carbocycles. The Labute approximate surface area is 77.0 Å². The molecule has 0 fully saturated rings. The van der Waals surface area contributed by atoms with E-state index in [1.165, 1.54) is 17.3 Å². The average Bonchev–Trinajstić information content (AvgIpc) is 2.04. The van der Waals surface area contributed by atoms with Crippen LogP contribution in [-0.4, -0.2) is 22.1 Å². The molecule has 1 unspecified atom stereocenters. The van der Waals surface area contributed by atoms with E-state index >= 15 is 0 Å². The van der Waals surface area contributed by atoms with E-state index in [0.29, 0.717) is 6.42 Å². The van der Waals surface area contributed by atoms with Crippen LogP contribution in [-0.2, 0) is 4.79 Å². The highest BCUT2D eigenvalue weighted by Crippen LogP contribution is 2.38. The van der Waals surface area contributed by atoms with E-state index in [1.807, 2.05) is 13.2 Å². The third-order valence-corrected chi connectivity index (χ3v) is 3.69. The second-order valence-corrected chi connectivity index (χ2v) is 4.46. The lowest BCUT2D eigenvalue weighted by molar-refractivity contribution is -0.140. The molecule has 0 saturated carbocycles. The van der Waals surface area contributed by atoms with E-state index < -0.39 is 10.7 Å². The van der Waals surface area contributed by atoms with Crippen molar-refractivity contribution >= 4 is 17.7 Å². The minimum Gasteiger partial charge on any atom is -0.480 e. The summed E-state index contributed by atoms with van der Waals surface area (Å²) in [4.78, 5) is 11.0. The zero-order chi connectivity index (χ0) is 9.19. The van der Waals surface area contributed by atoms with Gasteiger partial charge in [0, 0.05) is 0 Å². The Bertz CT molecular complexity index is 223. The Balaban J connectivity index is 2.82. The highest BCUT2D eigenvalue weighted by atomic mass is 32.2. The lowest BCUT2D eigenvalue weighted by Gasteiger charge is -2.30. The molecule has 0 spiro atoms. The van der Waals surface area contributed by atoms with Crippen LogP contribution in [0.3, 0.4) is 0 Å². The number of carboxylic acid groups (broad SMARTS) is 1. The maximum Gasteiger partial charge on any atom is 0.320 e. The number of carboxylic acids is 1. The maximum absolute atomic E-state index is 11.0. The second-order valence-electron chi connectivity index (χ2n) is 3.27. The number of aliphatic carboxylic acids is 1. The van der Waals surface area contributed by atoms with E-state index in [2.05, 4.69) is 6.08 Å². The van der Waals surface area contributed by atoms with Crippen LogP contribution in [0, 0.1) is 0 Å². The number of rotatable bonds is 2. The molecule has 0 aromatic rings. The number of hydrogen-bond donors (Lipinski definition) is 1. The molecule has 0 aromatic heterocycles. The molecular weight excluding hydrogens is 172 g/mol. The van der Waals surface area contributed by atoms with Crippen molar-refractivity contribution in [2.24, 2.45) is 0 Å². The van der Waals surface area contributed by atoms with Gasteiger partial charge in [-0.2, -0.15) is 0 Å². The van der Waals surface area contributed by atoms with Gasteiger partial charge in [0.05, 0.1) is 0 Å². The van der Waals surface area contributed by atoms with E-state index in [9.17, 15) is 4.79 Å². The summed E-state index contributed by atoms with van der Waals surface area (Å²) in [6, 6.07) is 0. The molecule has 1 atom stereocenters. The summed E-state index contributed by atoms with van der Waals surface area (Å²) in [5.74, 6) is -0.664. The standard InChI is InChI=1S/C9H14O2S/c1-7-4-3-5-9(6-7,12-2)8(10)11/h4H,3,5-6H2,1-2H3,(H,10,11). The SMILES string of the molecule is CSC1(C(=O)O)CCC=C(C)C1. The molecule has 1 aliphatic carbocycles. The van der Waals surface area contributed by atoms with Gasteiger partial charge in [0.1, 0.15) is 4.75 Å². The normalized spacial score (nSPS) is 29.7. The van der Waals surface area contributed by atoms with Gasteiger partial charge in [0.25, 0.3) is 0 Å². The summed E-state index contributed by atoms with van der Waals surface area (Å²) >= 11 is 1.46. The van der Waals surface area contributed by atoms with Crippen LogP contribution < -0.4 is 0 Å². The molecule has 68 valence electrons. The van der Waals surface area contributed by atoms with E-state index in [0.717, 1.165) is 12.8 Å². The van der Waals surface area contributed by atoms with Crippen LogP contribution >= 0.6 is 11.8 Å². The first-order valence-corrected chi connectivity index (χ1v) is 5.27. The van der Waals surface area contributed by atoms with Gasteiger partial charge in [-0.05, 0) is 32.4 Å². The summed E-state index contributed by atoms with van der Waals surface area (Å²) in [5, 5.41) is 9.06. The largest absolute Gasteiger partial charge is 0.480 e. The van der Waals surface area contributed by atoms with E-state index in [-0.39, 0.29) is 0 Å². The quantitative estimate of drug-likeness (QED) is 0.672. The Morgan fingerprint density at radius 1 is 1.75 bits per heavy atom. The maximum atomic E-state index is 11.0. The molecule has 12 heavy (non-hydrogen) atoms. The van der Waals surface area contributed by atoms with Crippen molar-refractivity contribution in [3.63, 3.8) is 0 Å². The summed E-state index contributed by atoms with van der Waals surface area (Å²) in [7, 11) is 0. The van der Waals surface area contributed by atoms with Crippen molar-refractivity contribution in [2.45, 2.75) is 30.9 Å². The Morgan fingerprint density at radius 3 is 2.75 bits per heavy atom. The fourth-order valence-corrected chi connectivity index (χ4v) is 2.48. The van der Waals surface area contributed by atoms with Crippen LogP contribution in [0.15, 0.2) is 11.6 Å². The van der Waals surface area contributed by atoms with Gasteiger partial charge in [-0.1, -0.05) is 11.6 Å². The molecule has 3 heteroatoms. The number of thioether (sulfide) groups is 1. The van der Waals surface area contributed by atoms with Crippen LogP contribution in [0.4, 0.5) is 0 Å². The fraction of sp³-hybridized carbons (Fsp3) is 0.667. The minimum atomic E-state index is -0.664. The Morgan fingerprint density at radius 2 is 2.42 bits per heavy atom. The molecule has 1 rings (SSSR count). The van der Waals surface area contributed by atoms with Gasteiger partial charge in [-0.15, -0.1) is 11.8 Å². The first kappa shape index (κ1) is 9.65. The topological polar surface area (TPSA) is 37.3 Å². The summed E-state index contributed by atoms with van der Waals surface area (Å²) < 4.78 is -0.543. The van der Waals surface area contributed by atoms with Crippen LogP contribution in [0.25, 0.3) is 0 Å². The van der Waals surface area contributed by atoms with Gasteiger partial charge in [-0.3, -0.25) is 4.79 Å². The molecule has 2 nitrogen and oxygen atoms in total. The van der Waals surface area contributed by atoms with Gasteiger partial charge < -0.3 is 5.11 Å². The molecule has 0 bridgehead atoms. The molecule has 1 N–H and O–H groups in total. The molecule has 0 radical (unpaired) electrons. The molecule has 0 saturated heterocycles. The molecule has 0 amide bonds. The zero-order valence-electron chi connectivity index (χ0n) is 7.46. The van der Waals surface area contributed by atoms with Crippen molar-refractivity contribution in [3.8, 4) is 0 Å². The summed E-state index contributed by atoms with van der Waals surface area (Å²) in [6.45, 7) is 2.01. The number of carbonyl (C=O) groups is 1. The van der Waals surface area contributed by atoms with Gasteiger partial charge in [-0.25, -0.2) is 0 Å². The predicted molar refractivity (Wildman–Crippen MR) is 51.5 cm³/mol. The van der Waals surface area contributed by atoms with Gasteiger partial charge in [0.15, 0.2) is 0 Å². The first-order chi connectivity index (χ1) is 5.60. The van der Waals surface area contributed by atoms with Crippen molar-refractivity contribution in [1.29, 1.82) is 0 Å². The summed E-state index contributed by atoms with van der Waals surface area (Å²) in [5.41, 5.74) is 1.21. The Kier molecular flexibility index (Phi) is 2.83. The molecule has 0 heterocycles. The molecule has 0 aliphatic heterocycles.